The van der Waals surface area contributed by atoms with Crippen LogP contribution in [0.5, 0.6) is 11.5 Å². The van der Waals surface area contributed by atoms with E-state index in [4.69, 9.17) is 9.47 Å². The third-order valence-electron chi connectivity index (χ3n) is 3.57. The summed E-state index contributed by atoms with van der Waals surface area (Å²) in [5, 5.41) is 20.1. The molecule has 25 heavy (non-hydrogen) atoms. The highest BCUT2D eigenvalue weighted by Crippen LogP contribution is 2.27. The van der Waals surface area contributed by atoms with Crippen molar-refractivity contribution in [2.75, 3.05) is 13.2 Å². The Bertz CT molecular complexity index is 781. The quantitative estimate of drug-likeness (QED) is 0.783. The van der Waals surface area contributed by atoms with Crippen LogP contribution in [0.3, 0.4) is 0 Å². The Morgan fingerprint density at radius 1 is 0.920 bits per heavy atom. The molecule has 0 heterocycles. The molecule has 0 fully saturated rings. The van der Waals surface area contributed by atoms with E-state index in [-0.39, 0.29) is 42.3 Å². The first kappa shape index (κ1) is 18.3. The van der Waals surface area contributed by atoms with E-state index in [0.29, 0.717) is 11.1 Å². The molecule has 0 saturated carbocycles. The predicted molar refractivity (Wildman–Crippen MR) is 90.9 cm³/mol. The largest absolute Gasteiger partial charge is 0.507 e. The molecule has 2 aromatic rings. The molecule has 2 N–H and O–H groups in total. The highest BCUT2D eigenvalue weighted by molar-refractivity contribution is 5.93. The number of rotatable bonds is 6. The van der Waals surface area contributed by atoms with Crippen molar-refractivity contribution in [3.8, 4) is 11.5 Å². The Labute approximate surface area is 145 Å². The average molecular weight is 344 g/mol. The number of hydrogen-bond donors (Lipinski definition) is 2. The second-order valence-electron chi connectivity index (χ2n) is 5.28. The summed E-state index contributed by atoms with van der Waals surface area (Å²) in [5.74, 6) is -1.55. The Morgan fingerprint density at radius 3 is 2.20 bits per heavy atom. The summed E-state index contributed by atoms with van der Waals surface area (Å²) in [5.41, 5.74) is 1.33. The summed E-state index contributed by atoms with van der Waals surface area (Å²) in [6.45, 7) is 3.78. The van der Waals surface area contributed by atoms with Crippen LogP contribution in [0.15, 0.2) is 36.4 Å². The van der Waals surface area contributed by atoms with E-state index < -0.39 is 11.9 Å². The monoisotopic (exact) mass is 344 g/mol. The van der Waals surface area contributed by atoms with E-state index in [1.54, 1.807) is 32.0 Å². The van der Waals surface area contributed by atoms with E-state index >= 15 is 0 Å². The van der Waals surface area contributed by atoms with Crippen molar-refractivity contribution in [2.45, 2.75) is 20.3 Å². The summed E-state index contributed by atoms with van der Waals surface area (Å²) in [7, 11) is 0. The molecule has 2 aromatic carbocycles. The first-order chi connectivity index (χ1) is 12.0. The maximum absolute atomic E-state index is 11.9. The van der Waals surface area contributed by atoms with Gasteiger partial charge in [0.1, 0.15) is 22.6 Å². The number of benzene rings is 2. The van der Waals surface area contributed by atoms with Gasteiger partial charge in [-0.1, -0.05) is 18.2 Å². The molecule has 0 spiro atoms. The molecule has 0 aliphatic carbocycles. The minimum atomic E-state index is -0.619. The highest BCUT2D eigenvalue weighted by atomic mass is 16.5. The van der Waals surface area contributed by atoms with Crippen LogP contribution in [0.1, 0.15) is 45.7 Å². The number of para-hydroxylation sites is 1. The van der Waals surface area contributed by atoms with E-state index in [1.807, 2.05) is 0 Å². The van der Waals surface area contributed by atoms with Gasteiger partial charge in [0.15, 0.2) is 0 Å². The molecule has 0 atom stereocenters. The molecule has 6 nitrogen and oxygen atoms in total. The highest BCUT2D eigenvalue weighted by Gasteiger charge is 2.17. The van der Waals surface area contributed by atoms with Gasteiger partial charge in [0.05, 0.1) is 13.2 Å². The molecule has 0 aliphatic heterocycles. The number of esters is 2. The maximum Gasteiger partial charge on any atom is 0.341 e. The molecule has 0 radical (unpaired) electrons. The van der Waals surface area contributed by atoms with Crippen molar-refractivity contribution in [1.82, 2.24) is 0 Å². The molecule has 0 aliphatic rings. The van der Waals surface area contributed by atoms with Gasteiger partial charge in [-0.15, -0.1) is 0 Å². The first-order valence-corrected chi connectivity index (χ1v) is 7.94. The van der Waals surface area contributed by atoms with Crippen LogP contribution in [0.25, 0.3) is 0 Å². The summed E-state index contributed by atoms with van der Waals surface area (Å²) in [6, 6.07) is 9.34. The van der Waals surface area contributed by atoms with Crippen molar-refractivity contribution in [2.24, 2.45) is 0 Å². The van der Waals surface area contributed by atoms with Crippen LogP contribution in [0, 0.1) is 0 Å². The lowest BCUT2D eigenvalue weighted by molar-refractivity contribution is 0.0513. The normalized spacial score (nSPS) is 10.3. The fraction of sp³-hybridized carbons (Fsp3) is 0.263. The SMILES string of the molecule is CCOC(=O)c1cc(Cc2cccc(C(=O)OCC)c2O)ccc1O. The molecule has 0 aromatic heterocycles. The van der Waals surface area contributed by atoms with Crippen molar-refractivity contribution in [3.05, 3.63) is 58.7 Å². The van der Waals surface area contributed by atoms with E-state index in [2.05, 4.69) is 0 Å². The number of hydrogen-bond acceptors (Lipinski definition) is 6. The number of ether oxygens (including phenoxy) is 2. The van der Waals surface area contributed by atoms with Crippen LogP contribution in [0.2, 0.25) is 0 Å². The molecule has 0 unspecified atom stereocenters. The van der Waals surface area contributed by atoms with Gasteiger partial charge in [-0.25, -0.2) is 9.59 Å². The standard InChI is InChI=1S/C19H20O6/c1-3-24-18(22)14-7-5-6-13(17(14)21)10-12-8-9-16(20)15(11-12)19(23)25-4-2/h5-9,11,20-21H,3-4,10H2,1-2H3. The van der Waals surface area contributed by atoms with Gasteiger partial charge in [-0.05, 0) is 43.2 Å². The minimum absolute atomic E-state index is 0.0559. The van der Waals surface area contributed by atoms with Gasteiger partial charge in [-0.2, -0.15) is 0 Å². The molecule has 132 valence electrons. The lowest BCUT2D eigenvalue weighted by Gasteiger charge is -2.11. The van der Waals surface area contributed by atoms with Gasteiger partial charge in [0, 0.05) is 6.42 Å². The van der Waals surface area contributed by atoms with Crippen molar-refractivity contribution in [3.63, 3.8) is 0 Å². The molecule has 0 amide bonds. The van der Waals surface area contributed by atoms with Crippen molar-refractivity contribution >= 4 is 11.9 Å². The fourth-order valence-corrected chi connectivity index (χ4v) is 2.39. The van der Waals surface area contributed by atoms with Gasteiger partial charge >= 0.3 is 11.9 Å². The predicted octanol–water partition coefficient (Wildman–Crippen LogP) is 3.04. The topological polar surface area (TPSA) is 93.1 Å². The molecule has 6 heteroatoms. The van der Waals surface area contributed by atoms with Gasteiger partial charge in [-0.3, -0.25) is 0 Å². The van der Waals surface area contributed by atoms with Crippen LogP contribution >= 0.6 is 0 Å². The summed E-state index contributed by atoms with van der Waals surface area (Å²) in [4.78, 5) is 23.7. The zero-order chi connectivity index (χ0) is 18.4. The van der Waals surface area contributed by atoms with E-state index in [9.17, 15) is 19.8 Å². The van der Waals surface area contributed by atoms with Gasteiger partial charge in [0.25, 0.3) is 0 Å². The average Bonchev–Trinajstić information content (AvgIpc) is 2.58. The Hall–Kier alpha value is -3.02. The summed E-state index contributed by atoms with van der Waals surface area (Å²) in [6.07, 6.45) is 0.270. The second-order valence-corrected chi connectivity index (χ2v) is 5.28. The summed E-state index contributed by atoms with van der Waals surface area (Å²) >= 11 is 0. The first-order valence-electron chi connectivity index (χ1n) is 7.94. The minimum Gasteiger partial charge on any atom is -0.507 e. The van der Waals surface area contributed by atoms with Crippen LogP contribution < -0.4 is 0 Å². The van der Waals surface area contributed by atoms with E-state index in [0.717, 1.165) is 0 Å². The lowest BCUT2D eigenvalue weighted by atomic mass is 9.99. The van der Waals surface area contributed by atoms with E-state index in [1.165, 1.54) is 18.2 Å². The molecule has 0 saturated heterocycles. The zero-order valence-corrected chi connectivity index (χ0v) is 14.1. The van der Waals surface area contributed by atoms with Gasteiger partial charge < -0.3 is 19.7 Å². The van der Waals surface area contributed by atoms with Crippen LogP contribution in [-0.2, 0) is 15.9 Å². The van der Waals surface area contributed by atoms with Gasteiger partial charge in [0.2, 0.25) is 0 Å². The number of carbonyl (C=O) groups excluding carboxylic acids is 2. The third-order valence-corrected chi connectivity index (χ3v) is 3.57. The Morgan fingerprint density at radius 2 is 1.56 bits per heavy atom. The number of phenolic OH excluding ortho intramolecular Hbond substituents is 2. The molecular weight excluding hydrogens is 324 g/mol. The Balaban J connectivity index is 2.31. The maximum atomic E-state index is 11.9. The lowest BCUT2D eigenvalue weighted by Crippen LogP contribution is -2.07. The van der Waals surface area contributed by atoms with Crippen molar-refractivity contribution < 1.29 is 29.3 Å². The second kappa shape index (κ2) is 8.19. The Kier molecular flexibility index (Phi) is 6.00. The van der Waals surface area contributed by atoms with Crippen molar-refractivity contribution in [1.29, 1.82) is 0 Å². The third kappa shape index (κ3) is 4.29. The zero-order valence-electron chi connectivity index (χ0n) is 14.1. The smallest absolute Gasteiger partial charge is 0.341 e. The summed E-state index contributed by atoms with van der Waals surface area (Å²) < 4.78 is 9.82. The number of carbonyl (C=O) groups is 2. The van der Waals surface area contributed by atoms with Crippen LogP contribution in [-0.4, -0.2) is 35.4 Å². The molecule has 2 rings (SSSR count). The number of aromatic hydroxyl groups is 2. The molecule has 0 bridgehead atoms. The fourth-order valence-electron chi connectivity index (χ4n) is 2.39. The van der Waals surface area contributed by atoms with Crippen LogP contribution in [0.4, 0.5) is 0 Å². The molecular formula is C19H20O6. The number of phenols is 2.